The number of allylic oxidation sites excluding steroid dienone is 1. The van der Waals surface area contributed by atoms with E-state index in [0.717, 1.165) is 18.4 Å². The normalized spacial score (nSPS) is 30.8. The van der Waals surface area contributed by atoms with Crippen molar-refractivity contribution in [1.29, 1.82) is 0 Å². The number of hydrogen-bond donors (Lipinski definition) is 3. The van der Waals surface area contributed by atoms with Gasteiger partial charge in [0, 0.05) is 32.2 Å². The number of hydrogen-bond acceptors (Lipinski definition) is 7. The molecule has 10 heteroatoms. The molecule has 1 spiro atoms. The van der Waals surface area contributed by atoms with E-state index in [0.29, 0.717) is 18.7 Å². The fraction of sp³-hybridized carbons (Fsp3) is 0.621. The van der Waals surface area contributed by atoms with Crippen molar-refractivity contribution in [2.24, 2.45) is 5.92 Å². The molecular weight excluding hydrogens is 504 g/mol. The van der Waals surface area contributed by atoms with Crippen LogP contribution in [-0.4, -0.2) is 66.3 Å². The van der Waals surface area contributed by atoms with Crippen LogP contribution in [0, 0.1) is 5.92 Å². The number of carboxylic acids is 1. The monoisotopic (exact) mass is 544 g/mol. The zero-order valence-electron chi connectivity index (χ0n) is 23.2. The number of alkyl carbamates (subject to hydrolysis) is 1. The molecule has 6 atom stereocenters. The van der Waals surface area contributed by atoms with Gasteiger partial charge in [0.15, 0.2) is 0 Å². The summed E-state index contributed by atoms with van der Waals surface area (Å²) in [5, 5.41) is 14.2. The van der Waals surface area contributed by atoms with Crippen molar-refractivity contribution in [2.75, 3.05) is 19.0 Å². The Kier molecular flexibility index (Phi) is 8.98. The number of nitrogens with one attached hydrogen (secondary N) is 2. The summed E-state index contributed by atoms with van der Waals surface area (Å²) in [4.78, 5) is 35.3. The van der Waals surface area contributed by atoms with Gasteiger partial charge in [0.25, 0.3) is 0 Å². The van der Waals surface area contributed by atoms with Gasteiger partial charge >= 0.3 is 12.1 Å². The molecule has 0 bridgehead atoms. The van der Waals surface area contributed by atoms with E-state index in [4.69, 9.17) is 24.1 Å². The minimum Gasteiger partial charge on any atom is -0.481 e. The van der Waals surface area contributed by atoms with Crippen molar-refractivity contribution < 1.29 is 38.4 Å². The molecule has 3 N–H and O–H groups in total. The van der Waals surface area contributed by atoms with E-state index < -0.39 is 23.8 Å². The Hall–Kier alpha value is -2.95. The van der Waals surface area contributed by atoms with Gasteiger partial charge in [-0.05, 0) is 64.2 Å². The average Bonchev–Trinajstić information content (AvgIpc) is 3.80. The fourth-order valence-electron chi connectivity index (χ4n) is 5.75. The number of methoxy groups -OCH3 is 1. The third-order valence-corrected chi connectivity index (χ3v) is 7.96. The minimum atomic E-state index is -0.921. The van der Waals surface area contributed by atoms with Gasteiger partial charge in [0.2, 0.25) is 5.91 Å². The van der Waals surface area contributed by atoms with Crippen molar-refractivity contribution in [3.05, 3.63) is 41.5 Å². The van der Waals surface area contributed by atoms with Gasteiger partial charge in [0.1, 0.15) is 23.4 Å². The molecule has 2 heterocycles. The van der Waals surface area contributed by atoms with Gasteiger partial charge in [-0.1, -0.05) is 23.8 Å². The van der Waals surface area contributed by atoms with Gasteiger partial charge in [-0.25, -0.2) is 4.79 Å². The summed E-state index contributed by atoms with van der Waals surface area (Å²) in [6.45, 7) is 7.20. The molecular formula is C29H40N2O8. The average molecular weight is 545 g/mol. The summed E-state index contributed by atoms with van der Waals surface area (Å²) in [6, 6.07) is 7.07. The lowest BCUT2D eigenvalue weighted by molar-refractivity contribution is -0.137. The minimum absolute atomic E-state index is 0.0380. The van der Waals surface area contributed by atoms with Crippen LogP contribution in [-0.2, 0) is 35.1 Å². The van der Waals surface area contributed by atoms with Crippen molar-refractivity contribution in [2.45, 2.75) is 95.4 Å². The molecule has 2 saturated heterocycles. The maximum atomic E-state index is 12.7. The first-order chi connectivity index (χ1) is 18.6. The number of ether oxygens (including phenoxy) is 4. The molecule has 39 heavy (non-hydrogen) atoms. The number of carbonyl (C=O) groups is 3. The number of amides is 2. The molecule has 1 aliphatic carbocycles. The van der Waals surface area contributed by atoms with Crippen LogP contribution in [0.15, 0.2) is 35.9 Å². The molecule has 2 aliphatic heterocycles. The second-order valence-electron chi connectivity index (χ2n) is 11.2. The lowest BCUT2D eigenvalue weighted by Gasteiger charge is -2.42. The summed E-state index contributed by atoms with van der Waals surface area (Å²) in [5.41, 5.74) is 2.02. The molecule has 3 fully saturated rings. The third-order valence-electron chi connectivity index (χ3n) is 7.96. The maximum absolute atomic E-state index is 12.7. The van der Waals surface area contributed by atoms with Gasteiger partial charge in [-0.3, -0.25) is 9.59 Å². The molecule has 0 radical (unpaired) electrons. The van der Waals surface area contributed by atoms with Crippen molar-refractivity contribution in [3.8, 4) is 0 Å². The molecule has 4 rings (SSSR count). The quantitative estimate of drug-likeness (QED) is 0.263. The highest BCUT2D eigenvalue weighted by Gasteiger charge is 2.72. The molecule has 1 aromatic rings. The Morgan fingerprint density at radius 1 is 1.18 bits per heavy atom. The summed E-state index contributed by atoms with van der Waals surface area (Å²) in [6.07, 6.45) is 3.64. The second-order valence-corrected chi connectivity index (χ2v) is 11.2. The Labute approximate surface area is 229 Å². The van der Waals surface area contributed by atoms with E-state index in [2.05, 4.69) is 37.5 Å². The first-order valence-corrected chi connectivity index (χ1v) is 13.6. The van der Waals surface area contributed by atoms with E-state index in [1.165, 1.54) is 5.57 Å². The van der Waals surface area contributed by atoms with Gasteiger partial charge in [-0.2, -0.15) is 0 Å². The molecule has 10 nitrogen and oxygen atoms in total. The SMILES string of the molecule is CO[C@H]1[C@H](C2(C)O[C@@H]2CC=C(C)C)[C@]2(CC[C@H]1OC(=O)NCc1ccc(NC(=O)CCCC(=O)O)cc1)CO2. The van der Waals surface area contributed by atoms with E-state index >= 15 is 0 Å². The Morgan fingerprint density at radius 2 is 1.90 bits per heavy atom. The van der Waals surface area contributed by atoms with Crippen LogP contribution in [0.1, 0.15) is 64.9 Å². The smallest absolute Gasteiger partial charge is 0.407 e. The van der Waals surface area contributed by atoms with E-state index in [9.17, 15) is 14.4 Å². The van der Waals surface area contributed by atoms with E-state index in [1.807, 2.05) is 0 Å². The molecule has 1 unspecified atom stereocenters. The van der Waals surface area contributed by atoms with Gasteiger partial charge in [0.05, 0.1) is 18.6 Å². The van der Waals surface area contributed by atoms with Crippen LogP contribution < -0.4 is 10.6 Å². The summed E-state index contributed by atoms with van der Waals surface area (Å²) < 4.78 is 24.0. The molecule has 214 valence electrons. The summed E-state index contributed by atoms with van der Waals surface area (Å²) >= 11 is 0. The van der Waals surface area contributed by atoms with Crippen molar-refractivity contribution >= 4 is 23.7 Å². The highest BCUT2D eigenvalue weighted by molar-refractivity contribution is 5.90. The predicted molar refractivity (Wildman–Crippen MR) is 143 cm³/mol. The zero-order valence-corrected chi connectivity index (χ0v) is 23.2. The zero-order chi connectivity index (χ0) is 28.2. The number of carbonyl (C=O) groups excluding carboxylic acids is 2. The standard InChI is InChI=1S/C29H40N2O8/c1-18(2)8-13-22-28(3,39-22)26-25(36-4)21(14-15-29(26)17-37-29)38-27(35)30-16-19-9-11-20(12-10-19)31-23(32)6-5-7-24(33)34/h8-12,21-22,25-26H,5-7,13-17H2,1-4H3,(H,30,35)(H,31,32)(H,33,34)/t21-,22-,25-,26-,28?,29+/m1/s1. The number of epoxide rings is 2. The van der Waals surface area contributed by atoms with E-state index in [-0.39, 0.29) is 55.4 Å². The van der Waals surface area contributed by atoms with Crippen LogP contribution in [0.3, 0.4) is 0 Å². The number of rotatable bonds is 12. The maximum Gasteiger partial charge on any atom is 0.407 e. The predicted octanol–water partition coefficient (Wildman–Crippen LogP) is 4.18. The number of carboxylic acid groups (broad SMARTS) is 1. The van der Waals surface area contributed by atoms with Crippen LogP contribution in [0.4, 0.5) is 10.5 Å². The Balaban J connectivity index is 1.28. The highest BCUT2D eigenvalue weighted by atomic mass is 16.6. The highest BCUT2D eigenvalue weighted by Crippen LogP contribution is 2.59. The number of benzene rings is 1. The van der Waals surface area contributed by atoms with Crippen molar-refractivity contribution in [3.63, 3.8) is 0 Å². The molecule has 1 aromatic carbocycles. The summed E-state index contributed by atoms with van der Waals surface area (Å²) in [7, 11) is 1.65. The van der Waals surface area contributed by atoms with Crippen LogP contribution in [0.5, 0.6) is 0 Å². The molecule has 2 amide bonds. The van der Waals surface area contributed by atoms with Crippen LogP contribution in [0.2, 0.25) is 0 Å². The number of anilines is 1. The van der Waals surface area contributed by atoms with Crippen molar-refractivity contribution in [1.82, 2.24) is 5.32 Å². The second kappa shape index (κ2) is 12.1. The van der Waals surface area contributed by atoms with E-state index in [1.54, 1.807) is 31.4 Å². The fourth-order valence-corrected chi connectivity index (χ4v) is 5.75. The number of aliphatic carboxylic acids is 1. The molecule has 1 saturated carbocycles. The Morgan fingerprint density at radius 3 is 2.51 bits per heavy atom. The van der Waals surface area contributed by atoms with Crippen LogP contribution in [0.25, 0.3) is 0 Å². The first-order valence-electron chi connectivity index (χ1n) is 13.6. The van der Waals surface area contributed by atoms with Gasteiger partial charge < -0.3 is 34.7 Å². The first kappa shape index (κ1) is 29.0. The lowest BCUT2D eigenvalue weighted by Crippen LogP contribution is -2.56. The molecule has 0 aromatic heterocycles. The third kappa shape index (κ3) is 7.17. The summed E-state index contributed by atoms with van der Waals surface area (Å²) in [5.74, 6) is -1.20. The topological polar surface area (TPSA) is 139 Å². The van der Waals surface area contributed by atoms with Crippen LogP contribution >= 0.6 is 0 Å². The molecule has 3 aliphatic rings. The lowest BCUT2D eigenvalue weighted by atomic mass is 9.68. The Bertz CT molecular complexity index is 1080. The largest absolute Gasteiger partial charge is 0.481 e. The van der Waals surface area contributed by atoms with Gasteiger partial charge in [-0.15, -0.1) is 0 Å².